The van der Waals surface area contributed by atoms with Crippen LogP contribution < -0.4 is 5.32 Å². The lowest BCUT2D eigenvalue weighted by atomic mass is 10.3. The van der Waals surface area contributed by atoms with E-state index in [1.165, 1.54) is 0 Å². The number of hydrogen-bond donors (Lipinski definition) is 2. The van der Waals surface area contributed by atoms with Gasteiger partial charge in [-0.25, -0.2) is 0 Å². The molecule has 0 bridgehead atoms. The zero-order valence-corrected chi connectivity index (χ0v) is 9.89. The number of hydrogen-bond acceptors (Lipinski definition) is 5. The second-order valence-corrected chi connectivity index (χ2v) is 4.69. The fourth-order valence-electron chi connectivity index (χ4n) is 1.23. The van der Waals surface area contributed by atoms with Gasteiger partial charge in [0.2, 0.25) is 0 Å². The van der Waals surface area contributed by atoms with E-state index in [1.54, 1.807) is 11.8 Å². The van der Waals surface area contributed by atoms with Crippen LogP contribution in [0.4, 0.5) is 0 Å². The minimum Gasteiger partial charge on any atom is -0.465 e. The monoisotopic (exact) mass is 233 g/mol. The third-order valence-corrected chi connectivity index (χ3v) is 3.15. The molecule has 0 radical (unpaired) electrons. The number of esters is 1. The molecule has 15 heavy (non-hydrogen) atoms. The molecule has 1 rings (SSSR count). The standard InChI is InChI=1S/C10H19NO3S/c1-2-14-10(13)9(7-15-6-5-12)11-8-3-4-8/h8-9,11-12H,2-7H2,1H3. The Kier molecular flexibility index (Phi) is 6.05. The van der Waals surface area contributed by atoms with Crippen LogP contribution in [0, 0.1) is 0 Å². The molecule has 2 N–H and O–H groups in total. The van der Waals surface area contributed by atoms with Crippen molar-refractivity contribution in [2.75, 3.05) is 24.7 Å². The Labute approximate surface area is 94.8 Å². The molecule has 5 heteroatoms. The molecular weight excluding hydrogens is 214 g/mol. The molecule has 0 aromatic carbocycles. The van der Waals surface area contributed by atoms with Crippen LogP contribution >= 0.6 is 11.8 Å². The molecule has 1 aliphatic rings. The van der Waals surface area contributed by atoms with Gasteiger partial charge in [-0.05, 0) is 19.8 Å². The number of carbonyl (C=O) groups excluding carboxylic acids is 1. The fourth-order valence-corrected chi connectivity index (χ4v) is 1.99. The number of rotatable bonds is 8. The van der Waals surface area contributed by atoms with Gasteiger partial charge >= 0.3 is 5.97 Å². The van der Waals surface area contributed by atoms with Gasteiger partial charge in [-0.2, -0.15) is 11.8 Å². The topological polar surface area (TPSA) is 58.6 Å². The lowest BCUT2D eigenvalue weighted by Gasteiger charge is -2.16. The lowest BCUT2D eigenvalue weighted by molar-refractivity contribution is -0.145. The molecule has 0 aromatic rings. The molecule has 0 aromatic heterocycles. The molecule has 0 amide bonds. The number of aliphatic hydroxyl groups is 1. The molecule has 1 fully saturated rings. The van der Waals surface area contributed by atoms with Gasteiger partial charge in [0.25, 0.3) is 0 Å². The Hall–Kier alpha value is -0.260. The van der Waals surface area contributed by atoms with E-state index in [4.69, 9.17) is 9.84 Å². The van der Waals surface area contributed by atoms with Gasteiger partial charge in [0, 0.05) is 17.5 Å². The van der Waals surface area contributed by atoms with Crippen molar-refractivity contribution < 1.29 is 14.6 Å². The molecule has 0 aliphatic heterocycles. The van der Waals surface area contributed by atoms with Gasteiger partial charge in [-0.15, -0.1) is 0 Å². The van der Waals surface area contributed by atoms with E-state index in [1.807, 2.05) is 6.92 Å². The molecule has 0 saturated heterocycles. The first kappa shape index (κ1) is 12.8. The van der Waals surface area contributed by atoms with Crippen molar-refractivity contribution in [2.45, 2.75) is 31.8 Å². The van der Waals surface area contributed by atoms with Crippen molar-refractivity contribution in [3.8, 4) is 0 Å². The summed E-state index contributed by atoms with van der Waals surface area (Å²) in [6.45, 7) is 2.39. The van der Waals surface area contributed by atoms with Crippen LogP contribution in [0.5, 0.6) is 0 Å². The van der Waals surface area contributed by atoms with Crippen LogP contribution in [0.3, 0.4) is 0 Å². The van der Waals surface area contributed by atoms with Crippen molar-refractivity contribution in [2.24, 2.45) is 0 Å². The summed E-state index contributed by atoms with van der Waals surface area (Å²) in [6.07, 6.45) is 2.31. The van der Waals surface area contributed by atoms with Crippen LogP contribution in [0.25, 0.3) is 0 Å². The maximum Gasteiger partial charge on any atom is 0.323 e. The third-order valence-electron chi connectivity index (χ3n) is 2.11. The van der Waals surface area contributed by atoms with Gasteiger partial charge in [-0.3, -0.25) is 4.79 Å². The van der Waals surface area contributed by atoms with Gasteiger partial charge in [0.1, 0.15) is 6.04 Å². The van der Waals surface area contributed by atoms with Crippen LogP contribution in [0.15, 0.2) is 0 Å². The first-order valence-corrected chi connectivity index (χ1v) is 6.54. The Balaban J connectivity index is 2.26. The molecule has 0 heterocycles. The van der Waals surface area contributed by atoms with E-state index in [0.29, 0.717) is 24.2 Å². The molecule has 0 spiro atoms. The lowest BCUT2D eigenvalue weighted by Crippen LogP contribution is -2.41. The average Bonchev–Trinajstić information content (AvgIpc) is 3.01. The highest BCUT2D eigenvalue weighted by molar-refractivity contribution is 7.99. The number of aliphatic hydroxyl groups excluding tert-OH is 1. The fraction of sp³-hybridized carbons (Fsp3) is 0.900. The summed E-state index contributed by atoms with van der Waals surface area (Å²) in [7, 11) is 0. The van der Waals surface area contributed by atoms with Crippen LogP contribution in [0.1, 0.15) is 19.8 Å². The van der Waals surface area contributed by atoms with Crippen LogP contribution in [-0.2, 0) is 9.53 Å². The molecule has 1 saturated carbocycles. The largest absolute Gasteiger partial charge is 0.465 e. The van der Waals surface area contributed by atoms with Crippen molar-refractivity contribution in [3.05, 3.63) is 0 Å². The second kappa shape index (κ2) is 7.09. The van der Waals surface area contributed by atoms with Crippen molar-refractivity contribution in [3.63, 3.8) is 0 Å². The molecule has 4 nitrogen and oxygen atoms in total. The number of thioether (sulfide) groups is 1. The number of ether oxygens (including phenoxy) is 1. The highest BCUT2D eigenvalue weighted by atomic mass is 32.2. The Bertz CT molecular complexity index is 197. The van der Waals surface area contributed by atoms with E-state index in [2.05, 4.69) is 5.32 Å². The number of carbonyl (C=O) groups is 1. The maximum absolute atomic E-state index is 11.5. The molecular formula is C10H19NO3S. The summed E-state index contributed by atoms with van der Waals surface area (Å²) in [6, 6.07) is 0.281. The minimum atomic E-state index is -0.214. The van der Waals surface area contributed by atoms with E-state index < -0.39 is 0 Å². The highest BCUT2D eigenvalue weighted by Gasteiger charge is 2.28. The normalized spacial score (nSPS) is 17.5. The summed E-state index contributed by atoms with van der Waals surface area (Å²) < 4.78 is 4.99. The van der Waals surface area contributed by atoms with E-state index in [-0.39, 0.29) is 18.6 Å². The summed E-state index contributed by atoms with van der Waals surface area (Å²) >= 11 is 1.57. The van der Waals surface area contributed by atoms with Gasteiger partial charge in [-0.1, -0.05) is 0 Å². The first-order chi connectivity index (χ1) is 7.27. The van der Waals surface area contributed by atoms with Gasteiger partial charge < -0.3 is 15.2 Å². The SMILES string of the molecule is CCOC(=O)C(CSCCO)NC1CC1. The smallest absolute Gasteiger partial charge is 0.323 e. The Morgan fingerprint density at radius 2 is 2.40 bits per heavy atom. The molecule has 88 valence electrons. The summed E-state index contributed by atoms with van der Waals surface area (Å²) in [5.41, 5.74) is 0. The average molecular weight is 233 g/mol. The first-order valence-electron chi connectivity index (χ1n) is 5.39. The zero-order valence-electron chi connectivity index (χ0n) is 9.07. The second-order valence-electron chi connectivity index (χ2n) is 3.54. The molecule has 1 aliphatic carbocycles. The Morgan fingerprint density at radius 3 is 2.93 bits per heavy atom. The highest BCUT2D eigenvalue weighted by Crippen LogP contribution is 2.20. The summed E-state index contributed by atoms with van der Waals surface area (Å²) in [5.74, 6) is 1.17. The van der Waals surface area contributed by atoms with E-state index in [0.717, 1.165) is 12.8 Å². The van der Waals surface area contributed by atoms with Crippen LogP contribution in [-0.4, -0.2) is 47.9 Å². The summed E-state index contributed by atoms with van der Waals surface area (Å²) in [4.78, 5) is 11.5. The van der Waals surface area contributed by atoms with Gasteiger partial charge in [0.05, 0.1) is 13.2 Å². The van der Waals surface area contributed by atoms with Crippen molar-refractivity contribution >= 4 is 17.7 Å². The minimum absolute atomic E-state index is 0.156. The third kappa shape index (κ3) is 5.39. The van der Waals surface area contributed by atoms with Crippen molar-refractivity contribution in [1.82, 2.24) is 5.32 Å². The molecule has 1 atom stereocenters. The van der Waals surface area contributed by atoms with Gasteiger partial charge in [0.15, 0.2) is 0 Å². The predicted molar refractivity (Wildman–Crippen MR) is 61.0 cm³/mol. The maximum atomic E-state index is 11.5. The quantitative estimate of drug-likeness (QED) is 0.469. The van der Waals surface area contributed by atoms with Crippen LogP contribution in [0.2, 0.25) is 0 Å². The van der Waals surface area contributed by atoms with Crippen molar-refractivity contribution in [1.29, 1.82) is 0 Å². The van der Waals surface area contributed by atoms with E-state index in [9.17, 15) is 4.79 Å². The number of nitrogens with one attached hydrogen (secondary N) is 1. The zero-order chi connectivity index (χ0) is 11.1. The predicted octanol–water partition coefficient (Wildman–Crippen LogP) is 0.396. The summed E-state index contributed by atoms with van der Waals surface area (Å²) in [5, 5.41) is 11.9. The van der Waals surface area contributed by atoms with E-state index >= 15 is 0 Å². The Morgan fingerprint density at radius 1 is 1.67 bits per heavy atom. The molecule has 1 unspecified atom stereocenters.